The number of amides is 1. The molecule has 0 atom stereocenters. The molecule has 0 N–H and O–H groups in total. The van der Waals surface area contributed by atoms with E-state index in [0.717, 1.165) is 34.0 Å². The number of thiophene rings is 1. The van der Waals surface area contributed by atoms with Crippen LogP contribution in [0.5, 0.6) is 0 Å². The highest BCUT2D eigenvalue weighted by atomic mass is 35.5. The average molecular weight is 479 g/mol. The number of piperazine rings is 1. The van der Waals surface area contributed by atoms with Crippen molar-refractivity contribution in [2.75, 3.05) is 26.2 Å². The third kappa shape index (κ3) is 4.41. The predicted molar refractivity (Wildman–Crippen MR) is 121 cm³/mol. The van der Waals surface area contributed by atoms with Crippen LogP contribution < -0.4 is 0 Å². The Kier molecular flexibility index (Phi) is 6.20. The monoisotopic (exact) mass is 478 g/mol. The van der Waals surface area contributed by atoms with E-state index in [9.17, 15) is 13.2 Å². The number of aryl methyl sites for hydroxylation is 1. The van der Waals surface area contributed by atoms with Crippen LogP contribution in [0.3, 0.4) is 0 Å². The van der Waals surface area contributed by atoms with Crippen LogP contribution in [0.1, 0.15) is 17.0 Å². The lowest BCUT2D eigenvalue weighted by Gasteiger charge is -2.33. The molecule has 1 aliphatic rings. The minimum atomic E-state index is -3.57. The molecule has 0 bridgehead atoms. The molecule has 3 aromatic rings. The minimum Gasteiger partial charge on any atom is -0.340 e. The van der Waals surface area contributed by atoms with E-state index in [2.05, 4.69) is 5.10 Å². The van der Waals surface area contributed by atoms with Gasteiger partial charge in [-0.25, -0.2) is 13.1 Å². The first-order chi connectivity index (χ1) is 14.8. The summed E-state index contributed by atoms with van der Waals surface area (Å²) >= 11 is 6.94. The molecule has 1 aromatic carbocycles. The fraction of sp³-hybridized carbons (Fsp3) is 0.333. The summed E-state index contributed by atoms with van der Waals surface area (Å²) in [5.41, 5.74) is 3.63. The number of hydrogen-bond donors (Lipinski definition) is 0. The summed E-state index contributed by atoms with van der Waals surface area (Å²) < 4.78 is 29.5. The van der Waals surface area contributed by atoms with Crippen LogP contribution in [-0.4, -0.2) is 59.5 Å². The third-order valence-corrected chi connectivity index (χ3v) is 9.10. The quantitative estimate of drug-likeness (QED) is 0.564. The van der Waals surface area contributed by atoms with Crippen molar-refractivity contribution in [2.24, 2.45) is 0 Å². The van der Waals surface area contributed by atoms with Crippen molar-refractivity contribution in [3.63, 3.8) is 0 Å². The number of carbonyl (C=O) groups is 1. The molecule has 0 saturated carbocycles. The van der Waals surface area contributed by atoms with Gasteiger partial charge in [0.1, 0.15) is 4.21 Å². The Balaban J connectivity index is 1.43. The van der Waals surface area contributed by atoms with E-state index >= 15 is 0 Å². The molecular formula is C21H23ClN4O3S2. The Morgan fingerprint density at radius 1 is 1.06 bits per heavy atom. The molecule has 164 valence electrons. The van der Waals surface area contributed by atoms with Gasteiger partial charge in [0.05, 0.1) is 22.1 Å². The van der Waals surface area contributed by atoms with Crippen molar-refractivity contribution in [2.45, 2.75) is 24.5 Å². The van der Waals surface area contributed by atoms with E-state index in [1.807, 2.05) is 48.9 Å². The maximum atomic E-state index is 13.0. The van der Waals surface area contributed by atoms with Gasteiger partial charge in [0, 0.05) is 37.4 Å². The molecule has 31 heavy (non-hydrogen) atoms. The highest BCUT2D eigenvalue weighted by Gasteiger charge is 2.31. The van der Waals surface area contributed by atoms with E-state index in [0.29, 0.717) is 17.4 Å². The highest BCUT2D eigenvalue weighted by molar-refractivity contribution is 7.91. The smallest absolute Gasteiger partial charge is 0.252 e. The lowest BCUT2D eigenvalue weighted by Crippen LogP contribution is -2.50. The molecule has 10 heteroatoms. The maximum absolute atomic E-state index is 13.0. The number of rotatable bonds is 5. The molecule has 3 heterocycles. The number of para-hydroxylation sites is 1. The molecule has 7 nitrogen and oxygen atoms in total. The molecule has 0 spiro atoms. The van der Waals surface area contributed by atoms with Gasteiger partial charge < -0.3 is 4.90 Å². The van der Waals surface area contributed by atoms with Gasteiger partial charge in [0.15, 0.2) is 0 Å². The first kappa shape index (κ1) is 22.0. The SMILES string of the molecule is Cc1nn(-c2ccccc2)c(C)c1CC(=O)N1CCN(S(=O)(=O)c2ccc(Cl)s2)CC1. The largest absolute Gasteiger partial charge is 0.340 e. The van der Waals surface area contributed by atoms with Crippen molar-refractivity contribution in [3.8, 4) is 5.69 Å². The molecule has 0 radical (unpaired) electrons. The summed E-state index contributed by atoms with van der Waals surface area (Å²) in [7, 11) is -3.57. The molecule has 1 fully saturated rings. The molecule has 1 saturated heterocycles. The van der Waals surface area contributed by atoms with Gasteiger partial charge in [0.25, 0.3) is 10.0 Å². The van der Waals surface area contributed by atoms with E-state index in [-0.39, 0.29) is 29.6 Å². The summed E-state index contributed by atoms with van der Waals surface area (Å²) in [4.78, 5) is 14.7. The van der Waals surface area contributed by atoms with Crippen LogP contribution in [0.25, 0.3) is 5.69 Å². The normalized spacial score (nSPS) is 15.4. The first-order valence-electron chi connectivity index (χ1n) is 9.91. The Labute approximate surface area is 190 Å². The minimum absolute atomic E-state index is 0.0185. The lowest BCUT2D eigenvalue weighted by molar-refractivity contribution is -0.131. The average Bonchev–Trinajstić information content (AvgIpc) is 3.33. The van der Waals surface area contributed by atoms with Crippen molar-refractivity contribution < 1.29 is 13.2 Å². The standard InChI is InChI=1S/C21H23ClN4O3S2/c1-15-18(16(2)26(23-15)17-6-4-3-5-7-17)14-20(27)24-10-12-25(13-11-24)31(28,29)21-9-8-19(22)30-21/h3-9H,10-14H2,1-2H3. The van der Waals surface area contributed by atoms with E-state index in [1.165, 1.54) is 10.4 Å². The Morgan fingerprint density at radius 3 is 2.35 bits per heavy atom. The molecule has 0 aliphatic carbocycles. The van der Waals surface area contributed by atoms with Crippen molar-refractivity contribution in [3.05, 3.63) is 63.8 Å². The van der Waals surface area contributed by atoms with Gasteiger partial charge in [-0.15, -0.1) is 11.3 Å². The molecule has 1 aliphatic heterocycles. The maximum Gasteiger partial charge on any atom is 0.252 e. The number of halogens is 1. The van der Waals surface area contributed by atoms with Crippen LogP contribution in [0.15, 0.2) is 46.7 Å². The Bertz CT molecular complexity index is 1200. The second-order valence-corrected chi connectivity index (χ2v) is 11.3. The summed E-state index contributed by atoms with van der Waals surface area (Å²) in [6, 6.07) is 12.9. The third-order valence-electron chi connectivity index (χ3n) is 5.50. The zero-order chi connectivity index (χ0) is 22.2. The number of aromatic nitrogens is 2. The Morgan fingerprint density at radius 2 is 1.74 bits per heavy atom. The van der Waals surface area contributed by atoms with E-state index in [1.54, 1.807) is 11.0 Å². The van der Waals surface area contributed by atoms with Crippen LogP contribution in [-0.2, 0) is 21.2 Å². The second-order valence-electron chi connectivity index (χ2n) is 7.42. The van der Waals surface area contributed by atoms with Gasteiger partial charge in [-0.05, 0) is 38.1 Å². The first-order valence-corrected chi connectivity index (χ1v) is 12.5. The fourth-order valence-electron chi connectivity index (χ4n) is 3.76. The molecule has 1 amide bonds. The summed E-state index contributed by atoms with van der Waals surface area (Å²) in [6.45, 7) is 5.14. The van der Waals surface area contributed by atoms with Crippen molar-refractivity contribution in [1.29, 1.82) is 0 Å². The summed E-state index contributed by atoms with van der Waals surface area (Å²) in [5.74, 6) is -0.0185. The highest BCUT2D eigenvalue weighted by Crippen LogP contribution is 2.28. The fourth-order valence-corrected chi connectivity index (χ4v) is 6.82. The van der Waals surface area contributed by atoms with Gasteiger partial charge in [-0.1, -0.05) is 29.8 Å². The number of sulfonamides is 1. The zero-order valence-corrected chi connectivity index (χ0v) is 19.7. The molecule has 2 aromatic heterocycles. The number of carbonyl (C=O) groups excluding carboxylic acids is 1. The summed E-state index contributed by atoms with van der Waals surface area (Å²) in [5, 5.41) is 4.61. The Hall–Kier alpha value is -2.20. The van der Waals surface area contributed by atoms with Crippen molar-refractivity contribution >= 4 is 38.9 Å². The van der Waals surface area contributed by atoms with Crippen LogP contribution in [0.2, 0.25) is 4.34 Å². The van der Waals surface area contributed by atoms with E-state index in [4.69, 9.17) is 11.6 Å². The summed E-state index contributed by atoms with van der Waals surface area (Å²) in [6.07, 6.45) is 0.248. The molecular weight excluding hydrogens is 456 g/mol. The second kappa shape index (κ2) is 8.74. The van der Waals surface area contributed by atoms with Gasteiger partial charge in [-0.2, -0.15) is 9.40 Å². The topological polar surface area (TPSA) is 75.5 Å². The van der Waals surface area contributed by atoms with Crippen LogP contribution in [0.4, 0.5) is 0 Å². The van der Waals surface area contributed by atoms with Gasteiger partial charge in [0.2, 0.25) is 5.91 Å². The predicted octanol–water partition coefficient (Wildman–Crippen LogP) is 3.28. The lowest BCUT2D eigenvalue weighted by atomic mass is 10.1. The van der Waals surface area contributed by atoms with Crippen molar-refractivity contribution in [1.82, 2.24) is 19.0 Å². The number of hydrogen-bond acceptors (Lipinski definition) is 5. The van der Waals surface area contributed by atoms with Crippen LogP contribution in [0, 0.1) is 13.8 Å². The van der Waals surface area contributed by atoms with E-state index < -0.39 is 10.0 Å². The van der Waals surface area contributed by atoms with Crippen LogP contribution >= 0.6 is 22.9 Å². The molecule has 0 unspecified atom stereocenters. The zero-order valence-electron chi connectivity index (χ0n) is 17.3. The number of benzene rings is 1. The van der Waals surface area contributed by atoms with Gasteiger partial charge in [-0.3, -0.25) is 4.79 Å². The van der Waals surface area contributed by atoms with Gasteiger partial charge >= 0.3 is 0 Å². The number of nitrogens with zero attached hydrogens (tertiary/aromatic N) is 4. The molecule has 4 rings (SSSR count).